The van der Waals surface area contributed by atoms with Gasteiger partial charge in [0.05, 0.1) is 18.1 Å². The third kappa shape index (κ3) is 4.96. The molecule has 1 aromatic heterocycles. The SMILES string of the molecule is CC(NCCNS(C)(=O)=O)c1cnn(-c2ccccc2)c1. The second kappa shape index (κ2) is 6.84. The average molecular weight is 308 g/mol. The molecule has 2 rings (SSSR count). The molecule has 1 atom stereocenters. The first-order chi connectivity index (χ1) is 9.96. The lowest BCUT2D eigenvalue weighted by Gasteiger charge is -2.11. The van der Waals surface area contributed by atoms with Gasteiger partial charge in [-0.2, -0.15) is 5.10 Å². The summed E-state index contributed by atoms with van der Waals surface area (Å²) in [6, 6.07) is 9.98. The number of nitrogens with one attached hydrogen (secondary N) is 2. The van der Waals surface area contributed by atoms with Crippen LogP contribution >= 0.6 is 0 Å². The fourth-order valence-corrected chi connectivity index (χ4v) is 2.40. The molecule has 21 heavy (non-hydrogen) atoms. The zero-order chi connectivity index (χ0) is 15.3. The summed E-state index contributed by atoms with van der Waals surface area (Å²) in [6.45, 7) is 2.95. The van der Waals surface area contributed by atoms with Gasteiger partial charge in [0.2, 0.25) is 10.0 Å². The van der Waals surface area contributed by atoms with Crippen LogP contribution in [0.3, 0.4) is 0 Å². The maximum absolute atomic E-state index is 11.0. The monoisotopic (exact) mass is 308 g/mol. The molecule has 0 saturated heterocycles. The molecule has 114 valence electrons. The van der Waals surface area contributed by atoms with Crippen LogP contribution < -0.4 is 10.0 Å². The van der Waals surface area contributed by atoms with Crippen molar-refractivity contribution in [3.8, 4) is 5.69 Å². The molecule has 7 heteroatoms. The van der Waals surface area contributed by atoms with Gasteiger partial charge in [-0.1, -0.05) is 18.2 Å². The third-order valence-electron chi connectivity index (χ3n) is 3.06. The number of aromatic nitrogens is 2. The minimum Gasteiger partial charge on any atom is -0.309 e. The number of nitrogens with zero attached hydrogens (tertiary/aromatic N) is 2. The van der Waals surface area contributed by atoms with Crippen molar-refractivity contribution in [3.63, 3.8) is 0 Å². The van der Waals surface area contributed by atoms with Gasteiger partial charge in [-0.15, -0.1) is 0 Å². The lowest BCUT2D eigenvalue weighted by atomic mass is 10.2. The summed E-state index contributed by atoms with van der Waals surface area (Å²) in [4.78, 5) is 0. The Balaban J connectivity index is 1.89. The van der Waals surface area contributed by atoms with Crippen LogP contribution in [0.5, 0.6) is 0 Å². The lowest BCUT2D eigenvalue weighted by molar-refractivity contribution is 0.556. The van der Waals surface area contributed by atoms with Crippen LogP contribution in [0, 0.1) is 0 Å². The van der Waals surface area contributed by atoms with E-state index in [0.717, 1.165) is 17.5 Å². The second-order valence-corrected chi connectivity index (χ2v) is 6.73. The lowest BCUT2D eigenvalue weighted by Crippen LogP contribution is -2.32. The Morgan fingerprint density at radius 1 is 1.24 bits per heavy atom. The zero-order valence-electron chi connectivity index (χ0n) is 12.2. The van der Waals surface area contributed by atoms with E-state index in [2.05, 4.69) is 15.1 Å². The summed E-state index contributed by atoms with van der Waals surface area (Å²) in [5.74, 6) is 0. The molecule has 1 unspecified atom stereocenters. The van der Waals surface area contributed by atoms with Crippen molar-refractivity contribution in [3.05, 3.63) is 48.3 Å². The highest BCUT2D eigenvalue weighted by Gasteiger charge is 2.08. The van der Waals surface area contributed by atoms with Crippen molar-refractivity contribution in [1.29, 1.82) is 0 Å². The largest absolute Gasteiger partial charge is 0.309 e. The second-order valence-electron chi connectivity index (χ2n) is 4.90. The minimum atomic E-state index is -3.13. The number of benzene rings is 1. The molecule has 0 spiro atoms. The van der Waals surface area contributed by atoms with E-state index in [1.807, 2.05) is 54.3 Å². The number of rotatable bonds is 7. The first-order valence-electron chi connectivity index (χ1n) is 6.74. The summed E-state index contributed by atoms with van der Waals surface area (Å²) in [7, 11) is -3.13. The highest BCUT2D eigenvalue weighted by Crippen LogP contribution is 2.13. The fourth-order valence-electron chi connectivity index (χ4n) is 1.93. The van der Waals surface area contributed by atoms with Gasteiger partial charge in [-0.05, 0) is 19.1 Å². The molecular formula is C14H20N4O2S. The summed E-state index contributed by atoms with van der Waals surface area (Å²) in [5.41, 5.74) is 2.06. The van der Waals surface area contributed by atoms with E-state index in [1.165, 1.54) is 0 Å². The molecule has 0 saturated carbocycles. The molecule has 0 amide bonds. The number of para-hydroxylation sites is 1. The van der Waals surface area contributed by atoms with Crippen molar-refractivity contribution < 1.29 is 8.42 Å². The Bertz CT molecular complexity index is 667. The van der Waals surface area contributed by atoms with Crippen LogP contribution in [0.1, 0.15) is 18.5 Å². The smallest absolute Gasteiger partial charge is 0.208 e. The maximum Gasteiger partial charge on any atom is 0.208 e. The van der Waals surface area contributed by atoms with Gasteiger partial charge in [-0.3, -0.25) is 0 Å². The van der Waals surface area contributed by atoms with Crippen molar-refractivity contribution >= 4 is 10.0 Å². The molecule has 0 aliphatic carbocycles. The van der Waals surface area contributed by atoms with Crippen molar-refractivity contribution in [1.82, 2.24) is 19.8 Å². The van der Waals surface area contributed by atoms with E-state index in [-0.39, 0.29) is 6.04 Å². The van der Waals surface area contributed by atoms with E-state index in [0.29, 0.717) is 13.1 Å². The highest BCUT2D eigenvalue weighted by atomic mass is 32.2. The molecule has 0 fully saturated rings. The van der Waals surface area contributed by atoms with Gasteiger partial charge in [0.1, 0.15) is 0 Å². The topological polar surface area (TPSA) is 76.0 Å². The molecule has 0 radical (unpaired) electrons. The number of hydrogen-bond donors (Lipinski definition) is 2. The van der Waals surface area contributed by atoms with Crippen molar-refractivity contribution in [2.24, 2.45) is 0 Å². The van der Waals surface area contributed by atoms with Gasteiger partial charge in [0.15, 0.2) is 0 Å². The first-order valence-corrected chi connectivity index (χ1v) is 8.63. The average Bonchev–Trinajstić information content (AvgIpc) is 2.93. The van der Waals surface area contributed by atoms with Gasteiger partial charge in [0, 0.05) is 30.9 Å². The van der Waals surface area contributed by atoms with Gasteiger partial charge < -0.3 is 5.32 Å². The summed E-state index contributed by atoms with van der Waals surface area (Å²) < 4.78 is 26.2. The summed E-state index contributed by atoms with van der Waals surface area (Å²) in [6.07, 6.45) is 4.94. The Morgan fingerprint density at radius 3 is 2.62 bits per heavy atom. The Morgan fingerprint density at radius 2 is 1.95 bits per heavy atom. The van der Waals surface area contributed by atoms with Crippen LogP contribution in [-0.2, 0) is 10.0 Å². The van der Waals surface area contributed by atoms with Crippen LogP contribution in [0.15, 0.2) is 42.7 Å². The maximum atomic E-state index is 11.0. The van der Waals surface area contributed by atoms with Gasteiger partial charge >= 0.3 is 0 Å². The Labute approximate surface area is 125 Å². The molecule has 1 heterocycles. The van der Waals surface area contributed by atoms with Gasteiger partial charge in [-0.25, -0.2) is 17.8 Å². The van der Waals surface area contributed by atoms with E-state index >= 15 is 0 Å². The first kappa shape index (κ1) is 15.7. The standard InChI is InChI=1S/C14H20N4O2S/c1-12(15-8-9-17-21(2,19)20)13-10-16-18(11-13)14-6-4-3-5-7-14/h3-7,10-12,15,17H,8-9H2,1-2H3. The van der Waals surface area contributed by atoms with E-state index in [4.69, 9.17) is 0 Å². The van der Waals surface area contributed by atoms with E-state index < -0.39 is 10.0 Å². The molecule has 0 bridgehead atoms. The van der Waals surface area contributed by atoms with Crippen molar-refractivity contribution in [2.75, 3.05) is 19.3 Å². The predicted octanol–water partition coefficient (Wildman–Crippen LogP) is 1.07. The quantitative estimate of drug-likeness (QED) is 0.750. The summed E-state index contributed by atoms with van der Waals surface area (Å²) >= 11 is 0. The van der Waals surface area contributed by atoms with Crippen LogP contribution in [0.4, 0.5) is 0 Å². The molecule has 2 N–H and O–H groups in total. The third-order valence-corrected chi connectivity index (χ3v) is 3.79. The highest BCUT2D eigenvalue weighted by molar-refractivity contribution is 7.88. The van der Waals surface area contributed by atoms with Crippen LogP contribution in [-0.4, -0.2) is 37.5 Å². The van der Waals surface area contributed by atoms with Gasteiger partial charge in [0.25, 0.3) is 0 Å². The zero-order valence-corrected chi connectivity index (χ0v) is 13.0. The molecule has 1 aromatic carbocycles. The van der Waals surface area contributed by atoms with E-state index in [9.17, 15) is 8.42 Å². The van der Waals surface area contributed by atoms with Crippen LogP contribution in [0.25, 0.3) is 5.69 Å². The van der Waals surface area contributed by atoms with E-state index in [1.54, 1.807) is 0 Å². The Kier molecular flexibility index (Phi) is 5.11. The van der Waals surface area contributed by atoms with Crippen molar-refractivity contribution in [2.45, 2.75) is 13.0 Å². The van der Waals surface area contributed by atoms with Crippen LogP contribution in [0.2, 0.25) is 0 Å². The minimum absolute atomic E-state index is 0.101. The molecule has 0 aliphatic rings. The summed E-state index contributed by atoms with van der Waals surface area (Å²) in [5, 5.41) is 7.60. The molecule has 2 aromatic rings. The Hall–Kier alpha value is -1.70. The fraction of sp³-hybridized carbons (Fsp3) is 0.357. The number of sulfonamides is 1. The number of hydrogen-bond acceptors (Lipinski definition) is 4. The molecular weight excluding hydrogens is 288 g/mol. The normalized spacial score (nSPS) is 13.2. The molecule has 0 aliphatic heterocycles. The molecule has 6 nitrogen and oxygen atoms in total. The predicted molar refractivity (Wildman–Crippen MR) is 82.8 cm³/mol.